The number of primary amides is 1. The van der Waals surface area contributed by atoms with E-state index in [0.717, 1.165) is 23.1 Å². The van der Waals surface area contributed by atoms with Gasteiger partial charge in [0.25, 0.3) is 0 Å². The van der Waals surface area contributed by atoms with Gasteiger partial charge in [-0.15, -0.1) is 0 Å². The predicted molar refractivity (Wildman–Crippen MR) is 114 cm³/mol. The van der Waals surface area contributed by atoms with Crippen molar-refractivity contribution < 1.29 is 23.1 Å². The molecule has 1 aliphatic carbocycles. The molecule has 1 heterocycles. The van der Waals surface area contributed by atoms with Gasteiger partial charge in [-0.3, -0.25) is 14.5 Å². The Morgan fingerprint density at radius 1 is 0.969 bits per heavy atom. The minimum Gasteiger partial charge on any atom is -0.452 e. The van der Waals surface area contributed by atoms with Crippen molar-refractivity contribution in [3.8, 4) is 11.5 Å². The van der Waals surface area contributed by atoms with Gasteiger partial charge in [0.1, 0.15) is 22.7 Å². The summed E-state index contributed by atoms with van der Waals surface area (Å²) in [5.74, 6) is -2.72. The van der Waals surface area contributed by atoms with Gasteiger partial charge >= 0.3 is 0 Å². The summed E-state index contributed by atoms with van der Waals surface area (Å²) in [6.07, 6.45) is 1.93. The van der Waals surface area contributed by atoms with Crippen molar-refractivity contribution in [2.24, 2.45) is 11.1 Å². The smallest absolute Gasteiger partial charge is 0.247 e. The number of ether oxygens (including phenoxy) is 1. The molecule has 32 heavy (non-hydrogen) atoms. The standard InChI is InChI=1S/C22H19F2N5O3/c23-12-1-3-13(4-2-12)29(21(31)22(8-9-22)20(27)30)14-5-6-16(15(24)11-14)32-17-7-10-28-19(26)18(17)25/h1-7,10-11H,8-9,25H2,(H2,26,28)(H2,27,30). The number of benzene rings is 2. The monoisotopic (exact) mass is 439 g/mol. The highest BCUT2D eigenvalue weighted by molar-refractivity contribution is 6.16. The summed E-state index contributed by atoms with van der Waals surface area (Å²) < 4.78 is 33.9. The normalized spacial score (nSPS) is 13.9. The van der Waals surface area contributed by atoms with Crippen molar-refractivity contribution in [3.63, 3.8) is 0 Å². The minimum absolute atomic E-state index is 0.0359. The second-order valence-corrected chi connectivity index (χ2v) is 7.39. The number of amides is 2. The van der Waals surface area contributed by atoms with E-state index in [0.29, 0.717) is 0 Å². The summed E-state index contributed by atoms with van der Waals surface area (Å²) in [4.78, 5) is 30.1. The van der Waals surface area contributed by atoms with Crippen LogP contribution in [-0.2, 0) is 9.59 Å². The van der Waals surface area contributed by atoms with Crippen molar-refractivity contribution in [3.05, 3.63) is 66.4 Å². The van der Waals surface area contributed by atoms with Crippen LogP contribution in [0.1, 0.15) is 12.8 Å². The Morgan fingerprint density at radius 2 is 1.62 bits per heavy atom. The number of rotatable bonds is 6. The van der Waals surface area contributed by atoms with Crippen LogP contribution < -0.4 is 26.8 Å². The summed E-state index contributed by atoms with van der Waals surface area (Å²) in [5, 5.41) is 0. The van der Waals surface area contributed by atoms with E-state index in [1.54, 1.807) is 0 Å². The summed E-state index contributed by atoms with van der Waals surface area (Å²) in [5.41, 5.74) is 15.9. The molecule has 8 nitrogen and oxygen atoms in total. The molecule has 0 unspecified atom stereocenters. The molecular formula is C22H19F2N5O3. The van der Waals surface area contributed by atoms with Gasteiger partial charge in [-0.05, 0) is 49.2 Å². The van der Waals surface area contributed by atoms with Crippen LogP contribution in [0.4, 0.5) is 31.7 Å². The Hall–Kier alpha value is -4.21. The van der Waals surface area contributed by atoms with E-state index in [4.69, 9.17) is 21.9 Å². The Kier molecular flexibility index (Phi) is 5.13. The second kappa shape index (κ2) is 7.80. The minimum atomic E-state index is -1.37. The summed E-state index contributed by atoms with van der Waals surface area (Å²) in [6.45, 7) is 0. The van der Waals surface area contributed by atoms with Crippen molar-refractivity contribution in [2.45, 2.75) is 12.8 Å². The highest BCUT2D eigenvalue weighted by atomic mass is 19.1. The van der Waals surface area contributed by atoms with Crippen LogP contribution in [0.3, 0.4) is 0 Å². The zero-order valence-corrected chi connectivity index (χ0v) is 16.7. The van der Waals surface area contributed by atoms with E-state index >= 15 is 0 Å². The van der Waals surface area contributed by atoms with Crippen LogP contribution >= 0.6 is 0 Å². The van der Waals surface area contributed by atoms with Crippen LogP contribution in [0, 0.1) is 17.0 Å². The number of nitrogen functional groups attached to an aromatic ring is 2. The first-order chi connectivity index (χ1) is 15.2. The average molecular weight is 439 g/mol. The number of halogens is 2. The summed E-state index contributed by atoms with van der Waals surface area (Å²) >= 11 is 0. The number of anilines is 4. The van der Waals surface area contributed by atoms with Gasteiger partial charge < -0.3 is 21.9 Å². The Morgan fingerprint density at radius 3 is 2.22 bits per heavy atom. The van der Waals surface area contributed by atoms with Crippen molar-refractivity contribution >= 4 is 34.7 Å². The lowest BCUT2D eigenvalue weighted by Crippen LogP contribution is -2.41. The second-order valence-electron chi connectivity index (χ2n) is 7.39. The van der Waals surface area contributed by atoms with E-state index in [1.807, 2.05) is 0 Å². The number of carbonyl (C=O) groups excluding carboxylic acids is 2. The van der Waals surface area contributed by atoms with Crippen LogP contribution in [0.25, 0.3) is 0 Å². The molecule has 1 fully saturated rings. The van der Waals surface area contributed by atoms with Gasteiger partial charge in [0.15, 0.2) is 17.3 Å². The fourth-order valence-electron chi connectivity index (χ4n) is 3.27. The molecule has 1 aromatic heterocycles. The highest BCUT2D eigenvalue weighted by Gasteiger charge is 2.57. The largest absolute Gasteiger partial charge is 0.452 e. The van der Waals surface area contributed by atoms with Gasteiger partial charge in [-0.25, -0.2) is 13.8 Å². The molecule has 10 heteroatoms. The molecule has 1 aliphatic rings. The van der Waals surface area contributed by atoms with Crippen LogP contribution in [0.5, 0.6) is 11.5 Å². The molecule has 0 aliphatic heterocycles. The summed E-state index contributed by atoms with van der Waals surface area (Å²) in [6, 6.07) is 10.2. The SMILES string of the molecule is NC(=O)C1(C(=O)N(c2ccc(F)cc2)c2ccc(Oc3ccnc(N)c3N)c(F)c2)CC1. The molecule has 2 amide bonds. The summed E-state index contributed by atoms with van der Waals surface area (Å²) in [7, 11) is 0. The van der Waals surface area contributed by atoms with Gasteiger partial charge in [0.05, 0.1) is 5.69 Å². The molecule has 3 aromatic rings. The first kappa shape index (κ1) is 21.0. The molecule has 0 atom stereocenters. The third-order valence-electron chi connectivity index (χ3n) is 5.29. The molecule has 4 rings (SSSR count). The maximum Gasteiger partial charge on any atom is 0.247 e. The average Bonchev–Trinajstić information content (AvgIpc) is 3.57. The topological polar surface area (TPSA) is 138 Å². The third kappa shape index (κ3) is 3.66. The number of pyridine rings is 1. The lowest BCUT2D eigenvalue weighted by molar-refractivity contribution is -0.133. The first-order valence-electron chi connectivity index (χ1n) is 9.60. The number of carbonyl (C=O) groups is 2. The fourth-order valence-corrected chi connectivity index (χ4v) is 3.27. The lowest BCUT2D eigenvalue weighted by Gasteiger charge is -2.26. The maximum atomic E-state index is 14.9. The van der Waals surface area contributed by atoms with Crippen molar-refractivity contribution in [1.82, 2.24) is 4.98 Å². The molecule has 6 N–H and O–H groups in total. The molecule has 0 bridgehead atoms. The zero-order chi connectivity index (χ0) is 23.0. The molecule has 0 spiro atoms. The maximum absolute atomic E-state index is 14.9. The zero-order valence-electron chi connectivity index (χ0n) is 16.7. The third-order valence-corrected chi connectivity index (χ3v) is 5.29. The van der Waals surface area contributed by atoms with Crippen LogP contribution in [0.15, 0.2) is 54.7 Å². The molecule has 0 radical (unpaired) electrons. The Bertz CT molecular complexity index is 1210. The highest BCUT2D eigenvalue weighted by Crippen LogP contribution is 2.49. The van der Waals surface area contributed by atoms with Gasteiger partial charge in [0.2, 0.25) is 11.8 Å². The van der Waals surface area contributed by atoms with Gasteiger partial charge in [0, 0.05) is 24.0 Å². The lowest BCUT2D eigenvalue weighted by atomic mass is 10.0. The van der Waals surface area contributed by atoms with Crippen LogP contribution in [-0.4, -0.2) is 16.8 Å². The van der Waals surface area contributed by atoms with E-state index in [2.05, 4.69) is 4.98 Å². The van der Waals surface area contributed by atoms with Crippen molar-refractivity contribution in [1.29, 1.82) is 0 Å². The molecule has 2 aromatic carbocycles. The first-order valence-corrected chi connectivity index (χ1v) is 9.60. The van der Waals surface area contributed by atoms with E-state index in [9.17, 15) is 18.4 Å². The number of nitrogens with zero attached hydrogens (tertiary/aromatic N) is 2. The van der Waals surface area contributed by atoms with E-state index in [1.165, 1.54) is 36.5 Å². The number of nitrogens with two attached hydrogens (primary N) is 3. The Balaban J connectivity index is 1.72. The Labute approximate surface area is 181 Å². The predicted octanol–water partition coefficient (Wildman–Crippen LogP) is 3.25. The molecule has 1 saturated carbocycles. The quantitative estimate of drug-likeness (QED) is 0.504. The number of aromatic nitrogens is 1. The van der Waals surface area contributed by atoms with Crippen molar-refractivity contribution in [2.75, 3.05) is 16.4 Å². The molecule has 164 valence electrons. The number of hydrogen-bond donors (Lipinski definition) is 3. The van der Waals surface area contributed by atoms with E-state index in [-0.39, 0.29) is 47.2 Å². The van der Waals surface area contributed by atoms with Gasteiger partial charge in [-0.2, -0.15) is 0 Å². The van der Waals surface area contributed by atoms with E-state index < -0.39 is 28.9 Å². The van der Waals surface area contributed by atoms with Crippen LogP contribution in [0.2, 0.25) is 0 Å². The van der Waals surface area contributed by atoms with Gasteiger partial charge in [-0.1, -0.05) is 0 Å². The molecular weight excluding hydrogens is 420 g/mol. The fraction of sp³-hybridized carbons (Fsp3) is 0.136. The number of hydrogen-bond acceptors (Lipinski definition) is 6. The molecule has 0 saturated heterocycles.